The summed E-state index contributed by atoms with van der Waals surface area (Å²) in [4.78, 5) is 16.3. The van der Waals surface area contributed by atoms with Crippen molar-refractivity contribution in [3.8, 4) is 0 Å². The van der Waals surface area contributed by atoms with E-state index in [0.717, 1.165) is 17.1 Å². The Morgan fingerprint density at radius 1 is 1.42 bits per heavy atom. The number of para-hydroxylation sites is 1. The molecule has 4 N–H and O–H groups in total. The van der Waals surface area contributed by atoms with Crippen LogP contribution in [-0.2, 0) is 6.42 Å². The Hall–Kier alpha value is -1.92. The van der Waals surface area contributed by atoms with Gasteiger partial charge in [0.05, 0.1) is 16.3 Å². The molecule has 0 bridgehead atoms. The molecular formula is C13H16N4OS. The van der Waals surface area contributed by atoms with E-state index in [-0.39, 0.29) is 5.91 Å². The van der Waals surface area contributed by atoms with Gasteiger partial charge in [-0.25, -0.2) is 4.98 Å². The van der Waals surface area contributed by atoms with Crippen molar-refractivity contribution in [2.24, 2.45) is 5.84 Å². The molecular weight excluding hydrogens is 260 g/mol. The highest BCUT2D eigenvalue weighted by atomic mass is 32.1. The highest BCUT2D eigenvalue weighted by Gasteiger charge is 2.09. The number of benzene rings is 1. The van der Waals surface area contributed by atoms with Crippen LogP contribution in [0.3, 0.4) is 0 Å². The van der Waals surface area contributed by atoms with E-state index in [0.29, 0.717) is 17.8 Å². The Bertz CT molecular complexity index is 567. The standard InChI is InChI=1S/C13H16N4OS/c1-9-8-19-12(16-9)6-7-15-13(18)10-4-2-3-5-11(10)17-14/h2-5,8,17H,6-7,14H2,1H3,(H,15,18). The number of hydrogen-bond acceptors (Lipinski definition) is 5. The van der Waals surface area contributed by atoms with Gasteiger partial charge in [0.1, 0.15) is 0 Å². The molecule has 0 fully saturated rings. The van der Waals surface area contributed by atoms with E-state index >= 15 is 0 Å². The number of nitrogens with one attached hydrogen (secondary N) is 2. The molecule has 19 heavy (non-hydrogen) atoms. The number of thiazole rings is 1. The number of amides is 1. The lowest BCUT2D eigenvalue weighted by Gasteiger charge is -2.08. The van der Waals surface area contributed by atoms with E-state index in [1.54, 1.807) is 29.5 Å². The number of rotatable bonds is 5. The van der Waals surface area contributed by atoms with Gasteiger partial charge in [-0.15, -0.1) is 11.3 Å². The van der Waals surface area contributed by atoms with Gasteiger partial charge in [-0.2, -0.15) is 0 Å². The average molecular weight is 276 g/mol. The molecule has 1 aromatic carbocycles. The van der Waals surface area contributed by atoms with Gasteiger partial charge in [0.15, 0.2) is 0 Å². The van der Waals surface area contributed by atoms with Gasteiger partial charge >= 0.3 is 0 Å². The normalized spacial score (nSPS) is 10.2. The number of nitrogens with zero attached hydrogens (tertiary/aromatic N) is 1. The first kappa shape index (κ1) is 13.5. The van der Waals surface area contributed by atoms with E-state index in [1.807, 2.05) is 18.4 Å². The number of anilines is 1. The molecule has 0 aliphatic carbocycles. The zero-order chi connectivity index (χ0) is 13.7. The summed E-state index contributed by atoms with van der Waals surface area (Å²) in [5, 5.41) is 5.90. The fraction of sp³-hybridized carbons (Fsp3) is 0.231. The van der Waals surface area contributed by atoms with E-state index in [4.69, 9.17) is 5.84 Å². The van der Waals surface area contributed by atoms with Crippen molar-refractivity contribution >= 4 is 22.9 Å². The quantitative estimate of drug-likeness (QED) is 0.573. The zero-order valence-electron chi connectivity index (χ0n) is 10.6. The number of nitrogen functional groups attached to an aromatic ring is 1. The van der Waals surface area contributed by atoms with Crippen molar-refractivity contribution in [1.82, 2.24) is 10.3 Å². The van der Waals surface area contributed by atoms with Gasteiger partial charge in [-0.05, 0) is 19.1 Å². The molecule has 0 spiro atoms. The third kappa shape index (κ3) is 3.52. The SMILES string of the molecule is Cc1csc(CCNC(=O)c2ccccc2NN)n1. The lowest BCUT2D eigenvalue weighted by Crippen LogP contribution is -2.27. The fourth-order valence-corrected chi connectivity index (χ4v) is 2.48. The van der Waals surface area contributed by atoms with Crippen molar-refractivity contribution < 1.29 is 4.79 Å². The van der Waals surface area contributed by atoms with Crippen molar-refractivity contribution in [3.05, 3.63) is 45.9 Å². The lowest BCUT2D eigenvalue weighted by atomic mass is 10.1. The summed E-state index contributed by atoms with van der Waals surface area (Å²) in [6, 6.07) is 7.13. The summed E-state index contributed by atoms with van der Waals surface area (Å²) >= 11 is 1.61. The molecule has 0 atom stereocenters. The summed E-state index contributed by atoms with van der Waals surface area (Å²) in [6.45, 7) is 2.52. The molecule has 100 valence electrons. The van der Waals surface area contributed by atoms with Gasteiger partial charge in [-0.3, -0.25) is 10.6 Å². The van der Waals surface area contributed by atoms with Crippen molar-refractivity contribution in [3.63, 3.8) is 0 Å². The minimum absolute atomic E-state index is 0.137. The van der Waals surface area contributed by atoms with E-state index in [1.165, 1.54) is 0 Å². The molecule has 0 unspecified atom stereocenters. The second-order valence-electron chi connectivity index (χ2n) is 4.08. The van der Waals surface area contributed by atoms with Crippen LogP contribution in [0.2, 0.25) is 0 Å². The number of carbonyl (C=O) groups is 1. The number of aryl methyl sites for hydroxylation is 1. The van der Waals surface area contributed by atoms with Crippen LogP contribution in [-0.4, -0.2) is 17.4 Å². The highest BCUT2D eigenvalue weighted by Crippen LogP contribution is 2.13. The van der Waals surface area contributed by atoms with Crippen LogP contribution in [0.5, 0.6) is 0 Å². The van der Waals surface area contributed by atoms with Crippen LogP contribution in [0.1, 0.15) is 21.1 Å². The predicted molar refractivity (Wildman–Crippen MR) is 77.1 cm³/mol. The number of aromatic nitrogens is 1. The minimum Gasteiger partial charge on any atom is -0.352 e. The average Bonchev–Trinajstić information content (AvgIpc) is 2.84. The Balaban J connectivity index is 1.90. The van der Waals surface area contributed by atoms with E-state index < -0.39 is 0 Å². The van der Waals surface area contributed by atoms with Gasteiger partial charge in [0, 0.05) is 24.0 Å². The maximum atomic E-state index is 12.0. The third-order valence-electron chi connectivity index (χ3n) is 2.62. The number of nitrogens with two attached hydrogens (primary N) is 1. The second-order valence-corrected chi connectivity index (χ2v) is 5.02. The molecule has 2 aromatic rings. The van der Waals surface area contributed by atoms with E-state index in [2.05, 4.69) is 15.7 Å². The Kier molecular flexibility index (Phi) is 4.48. The van der Waals surface area contributed by atoms with Crippen LogP contribution in [0.4, 0.5) is 5.69 Å². The first-order chi connectivity index (χ1) is 9.20. The molecule has 0 radical (unpaired) electrons. The molecule has 0 saturated carbocycles. The number of hydrogen-bond donors (Lipinski definition) is 3. The Labute approximate surface area is 115 Å². The van der Waals surface area contributed by atoms with Gasteiger partial charge < -0.3 is 10.7 Å². The maximum Gasteiger partial charge on any atom is 0.253 e. The topological polar surface area (TPSA) is 80.0 Å². The summed E-state index contributed by atoms with van der Waals surface area (Å²) in [5.74, 6) is 5.24. The summed E-state index contributed by atoms with van der Waals surface area (Å²) in [7, 11) is 0. The van der Waals surface area contributed by atoms with Crippen molar-refractivity contribution in [2.75, 3.05) is 12.0 Å². The van der Waals surface area contributed by atoms with Crippen LogP contribution in [0.25, 0.3) is 0 Å². The number of hydrazine groups is 1. The molecule has 0 aliphatic rings. The predicted octanol–water partition coefficient (Wildman–Crippen LogP) is 1.71. The largest absolute Gasteiger partial charge is 0.352 e. The first-order valence-corrected chi connectivity index (χ1v) is 6.83. The fourth-order valence-electron chi connectivity index (χ4n) is 1.70. The second kappa shape index (κ2) is 6.31. The maximum absolute atomic E-state index is 12.0. The highest BCUT2D eigenvalue weighted by molar-refractivity contribution is 7.09. The first-order valence-electron chi connectivity index (χ1n) is 5.95. The molecule has 1 heterocycles. The third-order valence-corrected chi connectivity index (χ3v) is 3.64. The van der Waals surface area contributed by atoms with Gasteiger partial charge in [0.2, 0.25) is 0 Å². The Morgan fingerprint density at radius 2 is 2.21 bits per heavy atom. The molecule has 0 aliphatic heterocycles. The molecule has 2 rings (SSSR count). The van der Waals surface area contributed by atoms with Crippen LogP contribution >= 0.6 is 11.3 Å². The minimum atomic E-state index is -0.137. The Morgan fingerprint density at radius 3 is 2.89 bits per heavy atom. The zero-order valence-corrected chi connectivity index (χ0v) is 11.5. The van der Waals surface area contributed by atoms with Crippen molar-refractivity contribution in [2.45, 2.75) is 13.3 Å². The lowest BCUT2D eigenvalue weighted by molar-refractivity contribution is 0.0955. The van der Waals surface area contributed by atoms with Crippen LogP contribution in [0, 0.1) is 6.92 Å². The molecule has 1 amide bonds. The molecule has 6 heteroatoms. The molecule has 5 nitrogen and oxygen atoms in total. The molecule has 1 aromatic heterocycles. The van der Waals surface area contributed by atoms with Crippen molar-refractivity contribution in [1.29, 1.82) is 0 Å². The monoisotopic (exact) mass is 276 g/mol. The van der Waals surface area contributed by atoms with Crippen LogP contribution < -0.4 is 16.6 Å². The van der Waals surface area contributed by atoms with Gasteiger partial charge in [0.25, 0.3) is 5.91 Å². The van der Waals surface area contributed by atoms with E-state index in [9.17, 15) is 4.79 Å². The van der Waals surface area contributed by atoms with Gasteiger partial charge in [-0.1, -0.05) is 12.1 Å². The molecule has 0 saturated heterocycles. The van der Waals surface area contributed by atoms with Crippen LogP contribution in [0.15, 0.2) is 29.6 Å². The summed E-state index contributed by atoms with van der Waals surface area (Å²) in [5.41, 5.74) is 4.69. The smallest absolute Gasteiger partial charge is 0.253 e. The summed E-state index contributed by atoms with van der Waals surface area (Å²) < 4.78 is 0. The number of carbonyl (C=O) groups excluding carboxylic acids is 1. The summed E-state index contributed by atoms with van der Waals surface area (Å²) in [6.07, 6.45) is 0.739.